The van der Waals surface area contributed by atoms with Crippen LogP contribution in [0.4, 0.5) is 5.69 Å². The number of hydrogen-bond donors (Lipinski definition) is 1. The lowest BCUT2D eigenvalue weighted by molar-refractivity contribution is -0.139. The summed E-state index contributed by atoms with van der Waals surface area (Å²) in [4.78, 5) is 29.2. The number of anilines is 1. The van der Waals surface area contributed by atoms with Crippen LogP contribution >= 0.6 is 0 Å². The number of sulfonamides is 1. The summed E-state index contributed by atoms with van der Waals surface area (Å²) in [7, 11) is -2.60. The van der Waals surface area contributed by atoms with Gasteiger partial charge in [-0.25, -0.2) is 8.42 Å². The molecule has 4 rings (SSSR count). The van der Waals surface area contributed by atoms with Gasteiger partial charge in [-0.2, -0.15) is 0 Å². The molecule has 7 nitrogen and oxygen atoms in total. The highest BCUT2D eigenvalue weighted by Crippen LogP contribution is 2.29. The second kappa shape index (κ2) is 13.5. The van der Waals surface area contributed by atoms with E-state index in [0.717, 1.165) is 27.8 Å². The molecule has 218 valence electrons. The summed E-state index contributed by atoms with van der Waals surface area (Å²) >= 11 is 0. The molecule has 0 radical (unpaired) electrons. The van der Waals surface area contributed by atoms with Gasteiger partial charge >= 0.3 is 0 Å². The van der Waals surface area contributed by atoms with E-state index < -0.39 is 28.5 Å². The summed E-state index contributed by atoms with van der Waals surface area (Å²) in [6.45, 7) is 5.29. The fourth-order valence-electron chi connectivity index (χ4n) is 4.86. The second-order valence-corrected chi connectivity index (χ2v) is 12.2. The highest BCUT2D eigenvalue weighted by atomic mass is 32.2. The van der Waals surface area contributed by atoms with Gasteiger partial charge in [-0.05, 0) is 61.2 Å². The number of rotatable bonds is 11. The zero-order valence-corrected chi connectivity index (χ0v) is 25.3. The molecule has 0 bridgehead atoms. The van der Waals surface area contributed by atoms with Gasteiger partial charge in [0.1, 0.15) is 12.6 Å². The summed E-state index contributed by atoms with van der Waals surface area (Å²) in [6.07, 6.45) is 0.271. The lowest BCUT2D eigenvalue weighted by atomic mass is 10.0. The van der Waals surface area contributed by atoms with Crippen LogP contribution in [0.25, 0.3) is 0 Å². The van der Waals surface area contributed by atoms with E-state index in [4.69, 9.17) is 0 Å². The van der Waals surface area contributed by atoms with Gasteiger partial charge < -0.3 is 10.2 Å². The van der Waals surface area contributed by atoms with Gasteiger partial charge in [0, 0.05) is 20.0 Å². The number of amides is 2. The van der Waals surface area contributed by atoms with Crippen LogP contribution in [0.1, 0.15) is 27.8 Å². The molecule has 0 aliphatic rings. The Hall–Kier alpha value is -4.43. The van der Waals surface area contributed by atoms with Crippen molar-refractivity contribution in [3.05, 3.63) is 131 Å². The zero-order chi connectivity index (χ0) is 30.3. The fourth-order valence-corrected chi connectivity index (χ4v) is 6.33. The first-order valence-corrected chi connectivity index (χ1v) is 15.3. The molecule has 4 aromatic rings. The number of carbonyl (C=O) groups excluding carboxylic acids is 2. The third-order valence-corrected chi connectivity index (χ3v) is 9.22. The third kappa shape index (κ3) is 7.06. The molecule has 2 amide bonds. The maximum absolute atomic E-state index is 14.4. The van der Waals surface area contributed by atoms with E-state index in [9.17, 15) is 18.0 Å². The van der Waals surface area contributed by atoms with Crippen molar-refractivity contribution in [3.63, 3.8) is 0 Å². The van der Waals surface area contributed by atoms with E-state index >= 15 is 0 Å². The molecule has 0 aliphatic carbocycles. The van der Waals surface area contributed by atoms with Crippen molar-refractivity contribution in [1.29, 1.82) is 0 Å². The van der Waals surface area contributed by atoms with Crippen LogP contribution in [0.15, 0.2) is 108 Å². The molecule has 8 heteroatoms. The molecule has 0 saturated heterocycles. The normalized spacial score (nSPS) is 11.9. The minimum Gasteiger partial charge on any atom is -0.357 e. The van der Waals surface area contributed by atoms with E-state index in [1.165, 1.54) is 16.3 Å². The van der Waals surface area contributed by atoms with Crippen LogP contribution < -0.4 is 9.62 Å². The van der Waals surface area contributed by atoms with Crippen molar-refractivity contribution in [2.24, 2.45) is 0 Å². The molecule has 0 heterocycles. The number of aryl methyl sites for hydroxylation is 2. The van der Waals surface area contributed by atoms with Crippen molar-refractivity contribution in [2.45, 2.75) is 44.7 Å². The minimum absolute atomic E-state index is 0.0866. The van der Waals surface area contributed by atoms with Crippen molar-refractivity contribution in [3.8, 4) is 0 Å². The molecule has 0 fully saturated rings. The summed E-state index contributed by atoms with van der Waals surface area (Å²) in [5, 5.41) is 2.70. The molecular formula is C34H37N3O4S. The van der Waals surface area contributed by atoms with Gasteiger partial charge in [0.05, 0.1) is 10.6 Å². The number of carbonyl (C=O) groups is 2. The number of likely N-dealkylation sites (N-methyl/N-ethyl adjacent to an activating group) is 1. The quantitative estimate of drug-likeness (QED) is 0.263. The largest absolute Gasteiger partial charge is 0.357 e. The van der Waals surface area contributed by atoms with E-state index in [0.29, 0.717) is 5.69 Å². The van der Waals surface area contributed by atoms with Gasteiger partial charge in [0.15, 0.2) is 0 Å². The Balaban J connectivity index is 1.81. The van der Waals surface area contributed by atoms with Gasteiger partial charge in [0.2, 0.25) is 11.8 Å². The van der Waals surface area contributed by atoms with Crippen molar-refractivity contribution >= 4 is 27.5 Å². The van der Waals surface area contributed by atoms with Gasteiger partial charge in [-0.15, -0.1) is 0 Å². The SMILES string of the molecule is CNC(=O)C(Cc1ccccc1)N(Cc1ccccc1)C(=O)CN(c1cccc(C)c1C)S(=O)(=O)c1ccc(C)cc1. The molecule has 1 unspecified atom stereocenters. The van der Waals surface area contributed by atoms with E-state index in [1.807, 2.05) is 87.5 Å². The predicted octanol–water partition coefficient (Wildman–Crippen LogP) is 5.19. The highest BCUT2D eigenvalue weighted by molar-refractivity contribution is 7.92. The van der Waals surface area contributed by atoms with Crippen LogP contribution in [-0.4, -0.2) is 44.8 Å². The average Bonchev–Trinajstić information content (AvgIpc) is 3.00. The van der Waals surface area contributed by atoms with Crippen LogP contribution in [0.2, 0.25) is 0 Å². The Labute approximate surface area is 248 Å². The molecule has 0 aromatic heterocycles. The number of nitrogens with one attached hydrogen (secondary N) is 1. The monoisotopic (exact) mass is 583 g/mol. The number of benzene rings is 4. The molecule has 1 N–H and O–H groups in total. The van der Waals surface area contributed by atoms with Crippen molar-refractivity contribution in [1.82, 2.24) is 10.2 Å². The second-order valence-electron chi connectivity index (χ2n) is 10.4. The van der Waals surface area contributed by atoms with E-state index in [1.54, 1.807) is 36.4 Å². The van der Waals surface area contributed by atoms with Gasteiger partial charge in [-0.1, -0.05) is 90.5 Å². The van der Waals surface area contributed by atoms with E-state index in [2.05, 4.69) is 5.32 Å². The highest BCUT2D eigenvalue weighted by Gasteiger charge is 2.34. The fraction of sp³-hybridized carbons (Fsp3) is 0.235. The zero-order valence-electron chi connectivity index (χ0n) is 24.4. The van der Waals surface area contributed by atoms with Crippen LogP contribution in [0.3, 0.4) is 0 Å². The lowest BCUT2D eigenvalue weighted by Gasteiger charge is -2.34. The van der Waals surface area contributed by atoms with Crippen LogP contribution in [0, 0.1) is 20.8 Å². The number of hydrogen-bond acceptors (Lipinski definition) is 4. The number of nitrogens with zero attached hydrogens (tertiary/aromatic N) is 2. The summed E-state index contributed by atoms with van der Waals surface area (Å²) in [5.74, 6) is -0.817. The Morgan fingerprint density at radius 3 is 1.95 bits per heavy atom. The summed E-state index contributed by atoms with van der Waals surface area (Å²) in [5.41, 5.74) is 4.71. The van der Waals surface area contributed by atoms with E-state index in [-0.39, 0.29) is 23.8 Å². The van der Waals surface area contributed by atoms with Crippen LogP contribution in [0.5, 0.6) is 0 Å². The lowest BCUT2D eigenvalue weighted by Crippen LogP contribution is -2.53. The van der Waals surface area contributed by atoms with Gasteiger partial charge in [0.25, 0.3) is 10.0 Å². The molecule has 0 aliphatic heterocycles. The average molecular weight is 584 g/mol. The standard InChI is InChI=1S/C34H37N3O4S/c1-25-18-20-30(21-19-25)42(40,41)37(31-17-11-12-26(2)27(31)3)24-33(38)36(23-29-15-9-6-10-16-29)32(34(39)35-4)22-28-13-7-5-8-14-28/h5-21,32H,22-24H2,1-4H3,(H,35,39). The van der Waals surface area contributed by atoms with Gasteiger partial charge in [-0.3, -0.25) is 13.9 Å². The van der Waals surface area contributed by atoms with Crippen molar-refractivity contribution in [2.75, 3.05) is 17.9 Å². The smallest absolute Gasteiger partial charge is 0.264 e. The molecule has 1 atom stereocenters. The molecular weight excluding hydrogens is 546 g/mol. The Morgan fingerprint density at radius 2 is 1.36 bits per heavy atom. The summed E-state index contributed by atoms with van der Waals surface area (Å²) in [6, 6.07) is 30.0. The molecule has 42 heavy (non-hydrogen) atoms. The Bertz CT molecular complexity index is 1620. The first-order valence-electron chi connectivity index (χ1n) is 13.9. The topological polar surface area (TPSA) is 86.8 Å². The minimum atomic E-state index is -4.14. The third-order valence-electron chi connectivity index (χ3n) is 7.45. The molecule has 0 saturated carbocycles. The van der Waals surface area contributed by atoms with Crippen LogP contribution in [-0.2, 0) is 32.6 Å². The Kier molecular flexibility index (Phi) is 9.80. The first-order chi connectivity index (χ1) is 20.1. The summed E-state index contributed by atoms with van der Waals surface area (Å²) < 4.78 is 29.5. The maximum Gasteiger partial charge on any atom is 0.264 e. The molecule has 0 spiro atoms. The maximum atomic E-state index is 14.4. The first kappa shape index (κ1) is 30.5. The Morgan fingerprint density at radius 1 is 0.762 bits per heavy atom. The molecule has 4 aromatic carbocycles. The predicted molar refractivity (Wildman–Crippen MR) is 167 cm³/mol. The van der Waals surface area contributed by atoms with Crippen molar-refractivity contribution < 1.29 is 18.0 Å².